The van der Waals surface area contributed by atoms with Crippen molar-refractivity contribution in [3.63, 3.8) is 0 Å². The fraction of sp³-hybridized carbons (Fsp3) is 0.533. The molecule has 1 fully saturated rings. The number of aliphatic imine (C=N–C) groups is 1. The molecular formula is C15H23FIN3S. The SMILES string of the molecule is CN=C(NCCSc1ccc(F)cc1)NC1CCCC1.I. The molecule has 0 radical (unpaired) electrons. The van der Waals surface area contributed by atoms with E-state index in [-0.39, 0.29) is 29.8 Å². The fourth-order valence-electron chi connectivity index (χ4n) is 2.33. The normalized spacial score (nSPS) is 15.6. The summed E-state index contributed by atoms with van der Waals surface area (Å²) in [6.45, 7) is 0.842. The van der Waals surface area contributed by atoms with Crippen molar-refractivity contribution in [3.8, 4) is 0 Å². The minimum absolute atomic E-state index is 0. The summed E-state index contributed by atoms with van der Waals surface area (Å²) in [5.74, 6) is 1.63. The van der Waals surface area contributed by atoms with Gasteiger partial charge in [0.15, 0.2) is 5.96 Å². The Morgan fingerprint density at radius 1 is 1.29 bits per heavy atom. The van der Waals surface area contributed by atoms with E-state index in [0.29, 0.717) is 6.04 Å². The van der Waals surface area contributed by atoms with Crippen LogP contribution in [-0.2, 0) is 0 Å². The standard InChI is InChI=1S/C15H22FN3S.HI/c1-17-15(19-13-4-2-3-5-13)18-10-11-20-14-8-6-12(16)7-9-14;/h6-9,13H,2-5,10-11H2,1H3,(H2,17,18,19);1H. The van der Waals surface area contributed by atoms with Crippen LogP contribution in [0.3, 0.4) is 0 Å². The quantitative estimate of drug-likeness (QED) is 0.250. The molecule has 0 amide bonds. The second-order valence-electron chi connectivity index (χ2n) is 4.93. The number of hydrogen-bond acceptors (Lipinski definition) is 2. The molecule has 6 heteroatoms. The van der Waals surface area contributed by atoms with Crippen molar-refractivity contribution in [1.29, 1.82) is 0 Å². The van der Waals surface area contributed by atoms with Gasteiger partial charge in [0.2, 0.25) is 0 Å². The zero-order chi connectivity index (χ0) is 14.2. The van der Waals surface area contributed by atoms with Crippen molar-refractivity contribution in [2.75, 3.05) is 19.3 Å². The van der Waals surface area contributed by atoms with Gasteiger partial charge in [0.05, 0.1) is 0 Å². The lowest BCUT2D eigenvalue weighted by atomic mass is 10.2. The largest absolute Gasteiger partial charge is 0.356 e. The zero-order valence-corrected chi connectivity index (χ0v) is 15.4. The highest BCUT2D eigenvalue weighted by atomic mass is 127. The molecule has 0 heterocycles. The lowest BCUT2D eigenvalue weighted by Gasteiger charge is -2.16. The second kappa shape index (κ2) is 10.3. The fourth-order valence-corrected chi connectivity index (χ4v) is 3.10. The first kappa shape index (κ1) is 18.5. The van der Waals surface area contributed by atoms with E-state index >= 15 is 0 Å². The maximum atomic E-state index is 12.8. The van der Waals surface area contributed by atoms with E-state index in [1.807, 2.05) is 12.1 Å². The topological polar surface area (TPSA) is 36.4 Å². The number of halogens is 2. The third-order valence-corrected chi connectivity index (χ3v) is 4.41. The van der Waals surface area contributed by atoms with Crippen molar-refractivity contribution < 1.29 is 4.39 Å². The summed E-state index contributed by atoms with van der Waals surface area (Å²) in [6, 6.07) is 7.19. The van der Waals surface area contributed by atoms with Crippen LogP contribution in [0.2, 0.25) is 0 Å². The van der Waals surface area contributed by atoms with Crippen molar-refractivity contribution in [1.82, 2.24) is 10.6 Å². The minimum Gasteiger partial charge on any atom is -0.356 e. The van der Waals surface area contributed by atoms with E-state index in [1.54, 1.807) is 18.8 Å². The average Bonchev–Trinajstić information content (AvgIpc) is 2.97. The van der Waals surface area contributed by atoms with E-state index in [0.717, 1.165) is 23.2 Å². The summed E-state index contributed by atoms with van der Waals surface area (Å²) in [5.41, 5.74) is 0. The molecule has 0 saturated heterocycles. The highest BCUT2D eigenvalue weighted by Crippen LogP contribution is 2.18. The highest BCUT2D eigenvalue weighted by Gasteiger charge is 2.15. The molecule has 0 aromatic heterocycles. The van der Waals surface area contributed by atoms with Crippen molar-refractivity contribution in [3.05, 3.63) is 30.1 Å². The third kappa shape index (κ3) is 6.86. The molecule has 1 aromatic carbocycles. The van der Waals surface area contributed by atoms with Gasteiger partial charge in [-0.25, -0.2) is 4.39 Å². The predicted molar refractivity (Wildman–Crippen MR) is 99.3 cm³/mol. The Bertz CT molecular complexity index is 433. The molecule has 2 N–H and O–H groups in total. The van der Waals surface area contributed by atoms with Gasteiger partial charge in [0, 0.05) is 30.3 Å². The summed E-state index contributed by atoms with van der Waals surface area (Å²) >= 11 is 1.71. The predicted octanol–water partition coefficient (Wildman–Crippen LogP) is 3.64. The first-order chi connectivity index (χ1) is 9.78. The molecule has 0 atom stereocenters. The molecule has 0 bridgehead atoms. The number of benzene rings is 1. The van der Waals surface area contributed by atoms with Crippen LogP contribution in [-0.4, -0.2) is 31.3 Å². The van der Waals surface area contributed by atoms with Gasteiger partial charge >= 0.3 is 0 Å². The Labute approximate surface area is 147 Å². The number of nitrogens with one attached hydrogen (secondary N) is 2. The molecule has 3 nitrogen and oxygen atoms in total. The first-order valence-corrected chi connectivity index (χ1v) is 8.12. The van der Waals surface area contributed by atoms with Gasteiger partial charge < -0.3 is 10.6 Å². The number of hydrogen-bond donors (Lipinski definition) is 2. The molecule has 0 aliphatic heterocycles. The van der Waals surface area contributed by atoms with Crippen LogP contribution < -0.4 is 10.6 Å². The number of guanidine groups is 1. The molecular weight excluding hydrogens is 400 g/mol. The van der Waals surface area contributed by atoms with Crippen LogP contribution >= 0.6 is 35.7 Å². The molecule has 21 heavy (non-hydrogen) atoms. The molecule has 1 aromatic rings. The summed E-state index contributed by atoms with van der Waals surface area (Å²) < 4.78 is 12.8. The zero-order valence-electron chi connectivity index (χ0n) is 12.3. The smallest absolute Gasteiger partial charge is 0.191 e. The molecule has 1 saturated carbocycles. The summed E-state index contributed by atoms with van der Waals surface area (Å²) in [4.78, 5) is 5.33. The summed E-state index contributed by atoms with van der Waals surface area (Å²) in [7, 11) is 1.80. The van der Waals surface area contributed by atoms with Crippen LogP contribution in [0.25, 0.3) is 0 Å². The van der Waals surface area contributed by atoms with E-state index in [1.165, 1.54) is 37.8 Å². The Kier molecular flexibility index (Phi) is 9.07. The lowest BCUT2D eigenvalue weighted by Crippen LogP contribution is -2.43. The molecule has 1 aliphatic carbocycles. The third-order valence-electron chi connectivity index (χ3n) is 3.40. The van der Waals surface area contributed by atoms with Gasteiger partial charge in [-0.15, -0.1) is 35.7 Å². The van der Waals surface area contributed by atoms with Crippen LogP contribution in [0, 0.1) is 5.82 Å². The molecule has 0 spiro atoms. The van der Waals surface area contributed by atoms with Crippen molar-refractivity contribution in [2.45, 2.75) is 36.6 Å². The maximum Gasteiger partial charge on any atom is 0.191 e. The Morgan fingerprint density at radius 3 is 2.57 bits per heavy atom. The lowest BCUT2D eigenvalue weighted by molar-refractivity contribution is 0.616. The summed E-state index contributed by atoms with van der Waals surface area (Å²) in [6.07, 6.45) is 5.11. The van der Waals surface area contributed by atoms with Gasteiger partial charge in [0.25, 0.3) is 0 Å². The highest BCUT2D eigenvalue weighted by molar-refractivity contribution is 14.0. The van der Waals surface area contributed by atoms with Crippen LogP contribution in [0.1, 0.15) is 25.7 Å². The van der Waals surface area contributed by atoms with Crippen LogP contribution in [0.4, 0.5) is 4.39 Å². The molecule has 0 unspecified atom stereocenters. The maximum absolute atomic E-state index is 12.8. The van der Waals surface area contributed by atoms with Crippen LogP contribution in [0.15, 0.2) is 34.2 Å². The number of thioether (sulfide) groups is 1. The average molecular weight is 423 g/mol. The summed E-state index contributed by atoms with van der Waals surface area (Å²) in [5, 5.41) is 6.77. The van der Waals surface area contributed by atoms with E-state index in [2.05, 4.69) is 15.6 Å². The minimum atomic E-state index is -0.186. The number of nitrogens with zero attached hydrogens (tertiary/aromatic N) is 1. The van der Waals surface area contributed by atoms with Crippen molar-refractivity contribution in [2.24, 2.45) is 4.99 Å². The van der Waals surface area contributed by atoms with E-state index in [9.17, 15) is 4.39 Å². The Morgan fingerprint density at radius 2 is 1.95 bits per heavy atom. The van der Waals surface area contributed by atoms with Gasteiger partial charge in [0.1, 0.15) is 5.82 Å². The Hall–Kier alpha value is -0.500. The van der Waals surface area contributed by atoms with E-state index < -0.39 is 0 Å². The van der Waals surface area contributed by atoms with Crippen LogP contribution in [0.5, 0.6) is 0 Å². The van der Waals surface area contributed by atoms with Gasteiger partial charge in [-0.05, 0) is 37.1 Å². The molecule has 1 aliphatic rings. The second-order valence-corrected chi connectivity index (χ2v) is 6.10. The Balaban J connectivity index is 0.00000220. The number of rotatable bonds is 5. The molecule has 118 valence electrons. The van der Waals surface area contributed by atoms with Crippen molar-refractivity contribution >= 4 is 41.7 Å². The van der Waals surface area contributed by atoms with Gasteiger partial charge in [-0.3, -0.25) is 4.99 Å². The first-order valence-electron chi connectivity index (χ1n) is 7.13. The van der Waals surface area contributed by atoms with E-state index in [4.69, 9.17) is 0 Å². The van der Waals surface area contributed by atoms with Gasteiger partial charge in [-0.1, -0.05) is 12.8 Å². The van der Waals surface area contributed by atoms with Gasteiger partial charge in [-0.2, -0.15) is 0 Å². The monoisotopic (exact) mass is 423 g/mol. The molecule has 2 rings (SSSR count).